The molecule has 0 aromatic carbocycles. The van der Waals surface area contributed by atoms with Crippen LogP contribution in [0, 0.1) is 37.0 Å². The molecular formula is C21H31NO4S. The van der Waals surface area contributed by atoms with Crippen LogP contribution in [0.5, 0.6) is 0 Å². The van der Waals surface area contributed by atoms with Crippen molar-refractivity contribution in [3.63, 3.8) is 0 Å². The molecule has 0 aliphatic rings. The molecule has 1 amide bonds. The van der Waals surface area contributed by atoms with Gasteiger partial charge in [-0.2, -0.15) is 11.8 Å². The van der Waals surface area contributed by atoms with E-state index in [9.17, 15) is 4.79 Å². The van der Waals surface area contributed by atoms with E-state index in [-0.39, 0.29) is 45.5 Å². The number of carbonyl (C=O) groups is 1. The molecule has 0 aliphatic carbocycles. The molecule has 0 spiro atoms. The lowest BCUT2D eigenvalue weighted by molar-refractivity contribution is -0.127. The number of terminal acetylenes is 3. The summed E-state index contributed by atoms with van der Waals surface area (Å²) in [6, 6.07) is 0. The zero-order valence-electron chi connectivity index (χ0n) is 16.3. The number of hydrogen-bond acceptors (Lipinski definition) is 5. The molecule has 0 heterocycles. The van der Waals surface area contributed by atoms with Crippen molar-refractivity contribution in [3.05, 3.63) is 0 Å². The molecule has 0 saturated carbocycles. The summed E-state index contributed by atoms with van der Waals surface area (Å²) < 4.78 is 16.4. The molecule has 1 N–H and O–H groups in total. The maximum absolute atomic E-state index is 12.4. The van der Waals surface area contributed by atoms with Crippen LogP contribution in [-0.2, 0) is 19.0 Å². The van der Waals surface area contributed by atoms with E-state index in [0.717, 1.165) is 24.3 Å². The smallest absolute Gasteiger partial charge is 0.220 e. The molecule has 0 atom stereocenters. The first kappa shape index (κ1) is 25.4. The second-order valence-electron chi connectivity index (χ2n) is 5.99. The van der Waals surface area contributed by atoms with Gasteiger partial charge in [-0.1, -0.05) is 24.7 Å². The van der Waals surface area contributed by atoms with E-state index in [1.54, 1.807) is 0 Å². The average molecular weight is 394 g/mol. The van der Waals surface area contributed by atoms with Crippen molar-refractivity contribution in [1.82, 2.24) is 5.32 Å². The SMILES string of the molecule is C#CCOCC(COCC#C)(COCC#C)NC(=O)CCCCSCCC. The highest BCUT2D eigenvalue weighted by atomic mass is 32.2. The molecule has 0 rings (SSSR count). The Morgan fingerprint density at radius 1 is 0.926 bits per heavy atom. The van der Waals surface area contributed by atoms with E-state index in [1.165, 1.54) is 6.42 Å². The van der Waals surface area contributed by atoms with Crippen LogP contribution in [0.15, 0.2) is 0 Å². The van der Waals surface area contributed by atoms with E-state index in [2.05, 4.69) is 30.0 Å². The molecule has 0 aromatic heterocycles. The lowest BCUT2D eigenvalue weighted by Crippen LogP contribution is -2.58. The summed E-state index contributed by atoms with van der Waals surface area (Å²) in [5.74, 6) is 9.34. The first-order chi connectivity index (χ1) is 13.1. The fraction of sp³-hybridized carbons (Fsp3) is 0.667. The Morgan fingerprint density at radius 2 is 1.44 bits per heavy atom. The Morgan fingerprint density at radius 3 is 1.89 bits per heavy atom. The van der Waals surface area contributed by atoms with E-state index in [0.29, 0.717) is 6.42 Å². The van der Waals surface area contributed by atoms with Crippen LogP contribution < -0.4 is 5.32 Å². The molecule has 5 nitrogen and oxygen atoms in total. The zero-order chi connectivity index (χ0) is 20.2. The van der Waals surface area contributed by atoms with Crippen molar-refractivity contribution in [3.8, 4) is 37.0 Å². The van der Waals surface area contributed by atoms with Crippen LogP contribution in [0.25, 0.3) is 0 Å². The number of rotatable bonds is 17. The maximum Gasteiger partial charge on any atom is 0.220 e. The summed E-state index contributed by atoms with van der Waals surface area (Å²) in [5, 5.41) is 2.98. The van der Waals surface area contributed by atoms with Gasteiger partial charge < -0.3 is 19.5 Å². The van der Waals surface area contributed by atoms with E-state index in [4.69, 9.17) is 33.5 Å². The van der Waals surface area contributed by atoms with Gasteiger partial charge in [0.1, 0.15) is 25.4 Å². The van der Waals surface area contributed by atoms with Gasteiger partial charge in [0.05, 0.1) is 19.8 Å². The summed E-state index contributed by atoms with van der Waals surface area (Å²) in [6.07, 6.45) is 19.1. The summed E-state index contributed by atoms with van der Waals surface area (Å²) >= 11 is 1.91. The van der Waals surface area contributed by atoms with Gasteiger partial charge in [0.2, 0.25) is 5.91 Å². The Labute approximate surface area is 168 Å². The third kappa shape index (κ3) is 14.1. The minimum absolute atomic E-state index is 0.0894. The quantitative estimate of drug-likeness (QED) is 0.303. The Hall–Kier alpha value is -1.62. The lowest BCUT2D eigenvalue weighted by Gasteiger charge is -2.33. The Kier molecular flexibility index (Phi) is 16.7. The summed E-state index contributed by atoms with van der Waals surface area (Å²) in [6.45, 7) is 2.95. The highest BCUT2D eigenvalue weighted by molar-refractivity contribution is 7.99. The highest BCUT2D eigenvalue weighted by Gasteiger charge is 2.33. The van der Waals surface area contributed by atoms with Crippen molar-refractivity contribution in [1.29, 1.82) is 0 Å². The number of amides is 1. The van der Waals surface area contributed by atoms with Gasteiger partial charge in [-0.05, 0) is 30.8 Å². The highest BCUT2D eigenvalue weighted by Crippen LogP contribution is 2.12. The van der Waals surface area contributed by atoms with Crippen molar-refractivity contribution >= 4 is 17.7 Å². The second kappa shape index (κ2) is 17.8. The summed E-state index contributed by atoms with van der Waals surface area (Å²) in [5.41, 5.74) is -0.890. The van der Waals surface area contributed by atoms with Crippen molar-refractivity contribution < 1.29 is 19.0 Å². The molecule has 0 aliphatic heterocycles. The number of unbranched alkanes of at least 4 members (excludes halogenated alkanes) is 1. The number of hydrogen-bond donors (Lipinski definition) is 1. The predicted octanol–water partition coefficient (Wildman–Crippen LogP) is 2.10. The zero-order valence-corrected chi connectivity index (χ0v) is 17.1. The molecule has 0 saturated heterocycles. The number of ether oxygens (including phenoxy) is 3. The van der Waals surface area contributed by atoms with Gasteiger partial charge >= 0.3 is 0 Å². The van der Waals surface area contributed by atoms with Crippen molar-refractivity contribution in [2.75, 3.05) is 51.1 Å². The van der Waals surface area contributed by atoms with Crippen LogP contribution in [-0.4, -0.2) is 62.6 Å². The average Bonchev–Trinajstić information content (AvgIpc) is 2.65. The normalized spacial score (nSPS) is 10.6. The fourth-order valence-electron chi connectivity index (χ4n) is 2.24. The third-order valence-corrected chi connectivity index (χ3v) is 4.66. The predicted molar refractivity (Wildman–Crippen MR) is 111 cm³/mol. The number of nitrogens with one attached hydrogen (secondary N) is 1. The fourth-order valence-corrected chi connectivity index (χ4v) is 3.14. The van der Waals surface area contributed by atoms with Crippen molar-refractivity contribution in [2.24, 2.45) is 0 Å². The topological polar surface area (TPSA) is 56.8 Å². The standard InChI is InChI=1S/C21H31NO4S/c1-5-12-24-17-21(18-25-13-6-2,19-26-14-7-3)22-20(23)11-9-10-16-27-15-8-4/h1-3H,8-19H2,4H3,(H,22,23). The van der Waals surface area contributed by atoms with E-state index in [1.807, 2.05) is 11.8 Å². The third-order valence-electron chi connectivity index (χ3n) is 3.39. The lowest BCUT2D eigenvalue weighted by atomic mass is 10.0. The monoisotopic (exact) mass is 393 g/mol. The van der Waals surface area contributed by atoms with E-state index < -0.39 is 5.54 Å². The van der Waals surface area contributed by atoms with Crippen LogP contribution in [0.3, 0.4) is 0 Å². The molecule has 150 valence electrons. The maximum atomic E-state index is 12.4. The second-order valence-corrected chi connectivity index (χ2v) is 7.21. The molecule has 0 unspecified atom stereocenters. The first-order valence-corrected chi connectivity index (χ1v) is 10.2. The van der Waals surface area contributed by atoms with Gasteiger partial charge in [0.25, 0.3) is 0 Å². The van der Waals surface area contributed by atoms with Crippen molar-refractivity contribution in [2.45, 2.75) is 38.1 Å². The van der Waals surface area contributed by atoms with Crippen LogP contribution in [0.4, 0.5) is 0 Å². The molecular weight excluding hydrogens is 362 g/mol. The molecule has 0 aromatic rings. The molecule has 6 heteroatoms. The Bertz CT molecular complexity index is 465. The van der Waals surface area contributed by atoms with Gasteiger partial charge in [0, 0.05) is 6.42 Å². The number of carbonyl (C=O) groups excluding carboxylic acids is 1. The molecule has 0 fully saturated rings. The summed E-state index contributed by atoms with van der Waals surface area (Å²) in [7, 11) is 0. The van der Waals surface area contributed by atoms with Gasteiger partial charge in [-0.3, -0.25) is 4.79 Å². The largest absolute Gasteiger partial charge is 0.366 e. The van der Waals surface area contributed by atoms with E-state index >= 15 is 0 Å². The van der Waals surface area contributed by atoms with Gasteiger partial charge in [-0.15, -0.1) is 19.3 Å². The minimum Gasteiger partial charge on any atom is -0.366 e. The van der Waals surface area contributed by atoms with Crippen LogP contribution >= 0.6 is 11.8 Å². The van der Waals surface area contributed by atoms with Crippen LogP contribution in [0.1, 0.15) is 32.6 Å². The van der Waals surface area contributed by atoms with Crippen LogP contribution in [0.2, 0.25) is 0 Å². The first-order valence-electron chi connectivity index (χ1n) is 9.06. The minimum atomic E-state index is -0.890. The molecule has 0 radical (unpaired) electrons. The van der Waals surface area contributed by atoms with Gasteiger partial charge in [-0.25, -0.2) is 0 Å². The number of thioether (sulfide) groups is 1. The Balaban J connectivity index is 4.73. The summed E-state index contributed by atoms with van der Waals surface area (Å²) in [4.78, 5) is 12.4. The molecule has 0 bridgehead atoms. The van der Waals surface area contributed by atoms with Gasteiger partial charge in [0.15, 0.2) is 0 Å². The molecule has 27 heavy (non-hydrogen) atoms.